The monoisotopic (exact) mass is 228 g/mol. The zero-order valence-electron chi connectivity index (χ0n) is 10.1. The fraction of sp³-hybridized carbons (Fsp3) is 0.917. The number of carbonyl (C=O) groups excluding carboxylic acids is 1. The van der Waals surface area contributed by atoms with Gasteiger partial charge in [0.2, 0.25) is 5.91 Å². The van der Waals surface area contributed by atoms with Gasteiger partial charge in [0, 0.05) is 25.1 Å². The Morgan fingerprint density at radius 2 is 2.31 bits per heavy atom. The van der Waals surface area contributed by atoms with E-state index in [1.54, 1.807) is 0 Å². The van der Waals surface area contributed by atoms with Crippen LogP contribution in [0.2, 0.25) is 0 Å². The molecule has 1 aliphatic rings. The van der Waals surface area contributed by atoms with E-state index >= 15 is 0 Å². The maximum atomic E-state index is 11.8. The van der Waals surface area contributed by atoms with Crippen LogP contribution in [0.25, 0.3) is 0 Å². The van der Waals surface area contributed by atoms with Crippen LogP contribution >= 0.6 is 0 Å². The molecule has 1 saturated carbocycles. The number of hydrogen-bond acceptors (Lipinski definition) is 3. The highest BCUT2D eigenvalue weighted by molar-refractivity contribution is 5.78. The van der Waals surface area contributed by atoms with Crippen molar-refractivity contribution >= 4 is 5.91 Å². The topological polar surface area (TPSA) is 75.3 Å². The molecule has 0 bridgehead atoms. The molecule has 3 atom stereocenters. The minimum absolute atomic E-state index is 0.102. The Hall–Kier alpha value is -0.610. The van der Waals surface area contributed by atoms with Crippen LogP contribution in [0.3, 0.4) is 0 Å². The zero-order valence-corrected chi connectivity index (χ0v) is 10.1. The number of carbonyl (C=O) groups is 1. The second kappa shape index (κ2) is 6.86. The number of aliphatic hydroxyl groups excluding tert-OH is 1. The lowest BCUT2D eigenvalue weighted by molar-refractivity contribution is -0.126. The van der Waals surface area contributed by atoms with E-state index in [1.165, 1.54) is 0 Å². The predicted molar refractivity (Wildman–Crippen MR) is 63.8 cm³/mol. The number of nitrogens with two attached hydrogens (primary N) is 1. The Morgan fingerprint density at radius 1 is 1.56 bits per heavy atom. The Labute approximate surface area is 97.6 Å². The lowest BCUT2D eigenvalue weighted by Crippen LogP contribution is -2.39. The van der Waals surface area contributed by atoms with Crippen molar-refractivity contribution in [2.24, 2.45) is 17.6 Å². The first-order chi connectivity index (χ1) is 7.63. The molecule has 94 valence electrons. The first kappa shape index (κ1) is 13.5. The van der Waals surface area contributed by atoms with E-state index in [9.17, 15) is 4.79 Å². The fourth-order valence-corrected chi connectivity index (χ4v) is 2.21. The lowest BCUT2D eigenvalue weighted by atomic mass is 9.85. The maximum absolute atomic E-state index is 11.8. The predicted octanol–water partition coefficient (Wildman–Crippen LogP) is 0.639. The van der Waals surface area contributed by atoms with Gasteiger partial charge in [-0.2, -0.15) is 0 Å². The largest absolute Gasteiger partial charge is 0.396 e. The molecule has 0 radical (unpaired) electrons. The van der Waals surface area contributed by atoms with Crippen LogP contribution in [0.1, 0.15) is 39.0 Å². The zero-order chi connectivity index (χ0) is 12.0. The van der Waals surface area contributed by atoms with Crippen LogP contribution in [0.4, 0.5) is 0 Å². The summed E-state index contributed by atoms with van der Waals surface area (Å²) in [4.78, 5) is 11.8. The summed E-state index contributed by atoms with van der Waals surface area (Å²) in [5.74, 6) is 0.580. The lowest BCUT2D eigenvalue weighted by Gasteiger charge is -2.26. The van der Waals surface area contributed by atoms with Crippen molar-refractivity contribution in [1.29, 1.82) is 0 Å². The average Bonchev–Trinajstić information content (AvgIpc) is 2.26. The third-order valence-electron chi connectivity index (χ3n) is 3.33. The number of nitrogens with one attached hydrogen (secondary N) is 1. The van der Waals surface area contributed by atoms with E-state index in [1.807, 2.05) is 6.92 Å². The Morgan fingerprint density at radius 3 is 2.94 bits per heavy atom. The molecule has 3 unspecified atom stereocenters. The summed E-state index contributed by atoms with van der Waals surface area (Å²) >= 11 is 0. The minimum Gasteiger partial charge on any atom is -0.396 e. The van der Waals surface area contributed by atoms with Gasteiger partial charge in [-0.1, -0.05) is 13.3 Å². The van der Waals surface area contributed by atoms with E-state index in [0.717, 1.165) is 32.1 Å². The number of amides is 1. The molecule has 0 aromatic rings. The van der Waals surface area contributed by atoms with E-state index < -0.39 is 0 Å². The maximum Gasteiger partial charge on any atom is 0.223 e. The van der Waals surface area contributed by atoms with Gasteiger partial charge in [-0.15, -0.1) is 0 Å². The Bertz CT molecular complexity index is 221. The van der Waals surface area contributed by atoms with Crippen LogP contribution in [-0.4, -0.2) is 30.2 Å². The number of aliphatic hydroxyl groups is 1. The third kappa shape index (κ3) is 4.49. The molecule has 0 heterocycles. The SMILES string of the molecule is CC(CCO)CNC(=O)C1CCCC(N)C1. The highest BCUT2D eigenvalue weighted by atomic mass is 16.3. The molecule has 0 aliphatic heterocycles. The number of hydrogen-bond donors (Lipinski definition) is 3. The van der Waals surface area contributed by atoms with E-state index in [-0.39, 0.29) is 24.5 Å². The van der Waals surface area contributed by atoms with Crippen LogP contribution in [0, 0.1) is 11.8 Å². The molecule has 4 N–H and O–H groups in total. The van der Waals surface area contributed by atoms with Gasteiger partial charge in [-0.05, 0) is 31.6 Å². The first-order valence-electron chi connectivity index (χ1n) is 6.27. The van der Waals surface area contributed by atoms with Gasteiger partial charge >= 0.3 is 0 Å². The highest BCUT2D eigenvalue weighted by Crippen LogP contribution is 2.23. The van der Waals surface area contributed by atoms with Gasteiger partial charge in [0.05, 0.1) is 0 Å². The Balaban J connectivity index is 2.23. The minimum atomic E-state index is 0.102. The molecule has 0 aromatic carbocycles. The standard InChI is InChI=1S/C12H24N2O2/c1-9(5-6-15)8-14-12(16)10-3-2-4-11(13)7-10/h9-11,15H,2-8,13H2,1H3,(H,14,16). The molecule has 0 saturated heterocycles. The summed E-state index contributed by atoms with van der Waals surface area (Å²) < 4.78 is 0. The molecule has 0 aromatic heterocycles. The summed E-state index contributed by atoms with van der Waals surface area (Å²) in [6, 6.07) is 0.194. The van der Waals surface area contributed by atoms with Crippen LogP contribution in [-0.2, 0) is 4.79 Å². The number of rotatable bonds is 5. The van der Waals surface area contributed by atoms with Crippen molar-refractivity contribution in [3.8, 4) is 0 Å². The Kier molecular flexibility index (Phi) is 5.77. The molecular formula is C12H24N2O2. The second-order valence-electron chi connectivity index (χ2n) is 4.99. The molecule has 1 aliphatic carbocycles. The van der Waals surface area contributed by atoms with Gasteiger partial charge < -0.3 is 16.2 Å². The van der Waals surface area contributed by atoms with E-state index in [4.69, 9.17) is 10.8 Å². The molecule has 4 nitrogen and oxygen atoms in total. The van der Waals surface area contributed by atoms with Gasteiger partial charge in [-0.25, -0.2) is 0 Å². The smallest absolute Gasteiger partial charge is 0.223 e. The summed E-state index contributed by atoms with van der Waals surface area (Å²) in [5.41, 5.74) is 5.85. The first-order valence-corrected chi connectivity index (χ1v) is 6.27. The summed E-state index contributed by atoms with van der Waals surface area (Å²) in [6.07, 6.45) is 4.63. The van der Waals surface area contributed by atoms with Crippen LogP contribution < -0.4 is 11.1 Å². The molecule has 0 spiro atoms. The van der Waals surface area contributed by atoms with Crippen molar-refractivity contribution in [3.05, 3.63) is 0 Å². The van der Waals surface area contributed by atoms with Gasteiger partial charge in [0.1, 0.15) is 0 Å². The van der Waals surface area contributed by atoms with E-state index in [2.05, 4.69) is 5.32 Å². The van der Waals surface area contributed by atoms with Crippen LogP contribution in [0.15, 0.2) is 0 Å². The van der Waals surface area contributed by atoms with Crippen molar-refractivity contribution < 1.29 is 9.90 Å². The highest BCUT2D eigenvalue weighted by Gasteiger charge is 2.25. The molecule has 1 rings (SSSR count). The average molecular weight is 228 g/mol. The molecular weight excluding hydrogens is 204 g/mol. The molecule has 1 fully saturated rings. The fourth-order valence-electron chi connectivity index (χ4n) is 2.21. The second-order valence-corrected chi connectivity index (χ2v) is 4.99. The van der Waals surface area contributed by atoms with Gasteiger partial charge in [-0.3, -0.25) is 4.79 Å². The summed E-state index contributed by atoms with van der Waals surface area (Å²) in [7, 11) is 0. The van der Waals surface area contributed by atoms with Crippen molar-refractivity contribution in [3.63, 3.8) is 0 Å². The quantitative estimate of drug-likeness (QED) is 0.646. The molecule has 1 amide bonds. The summed E-state index contributed by atoms with van der Waals surface area (Å²) in [5, 5.41) is 11.7. The van der Waals surface area contributed by atoms with Gasteiger partial charge in [0.15, 0.2) is 0 Å². The van der Waals surface area contributed by atoms with E-state index in [0.29, 0.717) is 12.5 Å². The third-order valence-corrected chi connectivity index (χ3v) is 3.33. The molecule has 16 heavy (non-hydrogen) atoms. The molecule has 4 heteroatoms. The van der Waals surface area contributed by atoms with Crippen molar-refractivity contribution in [2.75, 3.05) is 13.2 Å². The van der Waals surface area contributed by atoms with Crippen LogP contribution in [0.5, 0.6) is 0 Å². The van der Waals surface area contributed by atoms with Crippen molar-refractivity contribution in [2.45, 2.75) is 45.1 Å². The normalized spacial score (nSPS) is 27.4. The van der Waals surface area contributed by atoms with Crippen molar-refractivity contribution in [1.82, 2.24) is 5.32 Å². The van der Waals surface area contributed by atoms with Gasteiger partial charge in [0.25, 0.3) is 0 Å². The summed E-state index contributed by atoms with van der Waals surface area (Å²) in [6.45, 7) is 2.87.